The van der Waals surface area contributed by atoms with Crippen LogP contribution in [0.2, 0.25) is 0 Å². The van der Waals surface area contributed by atoms with Crippen LogP contribution < -0.4 is 10.0 Å². The van der Waals surface area contributed by atoms with E-state index in [0.29, 0.717) is 12.2 Å². The lowest BCUT2D eigenvalue weighted by Gasteiger charge is -2.10. The van der Waals surface area contributed by atoms with Gasteiger partial charge in [0.15, 0.2) is 0 Å². The predicted octanol–water partition coefficient (Wildman–Crippen LogP) is 0.954. The molecule has 0 amide bonds. The molecule has 1 fully saturated rings. The Labute approximate surface area is 95.3 Å². The van der Waals surface area contributed by atoms with Gasteiger partial charge in [-0.05, 0) is 25.8 Å². The number of hydrogen-bond acceptors (Lipinski definition) is 4. The van der Waals surface area contributed by atoms with Crippen molar-refractivity contribution in [3.8, 4) is 0 Å². The Kier molecular flexibility index (Phi) is 3.11. The van der Waals surface area contributed by atoms with Gasteiger partial charge in [-0.15, -0.1) is 0 Å². The van der Waals surface area contributed by atoms with Crippen LogP contribution in [-0.2, 0) is 10.0 Å². The molecular formula is C10H15N3O2S. The fraction of sp³-hybridized carbons (Fsp3) is 0.500. The zero-order chi connectivity index (χ0) is 11.6. The van der Waals surface area contributed by atoms with Gasteiger partial charge < -0.3 is 5.32 Å². The second kappa shape index (κ2) is 4.39. The lowest BCUT2D eigenvalue weighted by molar-refractivity contribution is 0.581. The Bertz CT molecular complexity index is 469. The molecule has 5 nitrogen and oxygen atoms in total. The Hall–Kier alpha value is -1.14. The second-order valence-corrected chi connectivity index (χ2v) is 5.48. The van der Waals surface area contributed by atoms with Crippen LogP contribution in [0.25, 0.3) is 0 Å². The van der Waals surface area contributed by atoms with E-state index in [2.05, 4.69) is 15.0 Å². The van der Waals surface area contributed by atoms with Crippen molar-refractivity contribution in [2.45, 2.75) is 30.7 Å². The first-order valence-electron chi connectivity index (χ1n) is 5.33. The minimum Gasteiger partial charge on any atom is -0.384 e. The normalized spacial score (nSPS) is 16.1. The number of nitrogens with zero attached hydrogens (tertiary/aromatic N) is 1. The topological polar surface area (TPSA) is 71.1 Å². The van der Waals surface area contributed by atoms with Crippen LogP contribution in [0.3, 0.4) is 0 Å². The minimum atomic E-state index is -3.42. The molecule has 1 aromatic heterocycles. The zero-order valence-corrected chi connectivity index (χ0v) is 9.92. The van der Waals surface area contributed by atoms with Gasteiger partial charge in [0.1, 0.15) is 4.90 Å². The van der Waals surface area contributed by atoms with Crippen molar-refractivity contribution in [3.63, 3.8) is 0 Å². The molecule has 0 unspecified atom stereocenters. The van der Waals surface area contributed by atoms with E-state index in [1.54, 1.807) is 12.3 Å². The molecule has 1 aliphatic rings. The van der Waals surface area contributed by atoms with Crippen molar-refractivity contribution in [2.75, 3.05) is 11.9 Å². The van der Waals surface area contributed by atoms with Crippen LogP contribution in [0, 0.1) is 0 Å². The standard InChI is InChI=1S/C10H15N3O2S/c1-2-12-9-5-6-11-7-10(9)16(14,15)13-8-3-4-8/h5-8,13H,2-4H2,1H3,(H,11,12). The third-order valence-electron chi connectivity index (χ3n) is 2.34. The molecule has 2 N–H and O–H groups in total. The summed E-state index contributed by atoms with van der Waals surface area (Å²) in [4.78, 5) is 4.09. The number of pyridine rings is 1. The highest BCUT2D eigenvalue weighted by atomic mass is 32.2. The molecule has 0 spiro atoms. The molecule has 0 saturated heterocycles. The monoisotopic (exact) mass is 241 g/mol. The number of aromatic nitrogens is 1. The fourth-order valence-electron chi connectivity index (χ4n) is 1.41. The third kappa shape index (κ3) is 2.51. The van der Waals surface area contributed by atoms with Crippen LogP contribution in [0.4, 0.5) is 5.69 Å². The van der Waals surface area contributed by atoms with Crippen molar-refractivity contribution in [2.24, 2.45) is 0 Å². The van der Waals surface area contributed by atoms with Gasteiger partial charge in [0.05, 0.1) is 5.69 Å². The highest BCUT2D eigenvalue weighted by Gasteiger charge is 2.29. The number of nitrogens with one attached hydrogen (secondary N) is 2. The summed E-state index contributed by atoms with van der Waals surface area (Å²) >= 11 is 0. The van der Waals surface area contributed by atoms with Gasteiger partial charge >= 0.3 is 0 Å². The quantitative estimate of drug-likeness (QED) is 0.805. The van der Waals surface area contributed by atoms with Crippen LogP contribution in [0.1, 0.15) is 19.8 Å². The summed E-state index contributed by atoms with van der Waals surface area (Å²) in [5.41, 5.74) is 0.602. The zero-order valence-electron chi connectivity index (χ0n) is 9.10. The van der Waals surface area contributed by atoms with Gasteiger partial charge in [-0.1, -0.05) is 0 Å². The first-order chi connectivity index (χ1) is 7.63. The number of hydrogen-bond donors (Lipinski definition) is 2. The van der Waals surface area contributed by atoms with Gasteiger partial charge in [-0.25, -0.2) is 13.1 Å². The molecular weight excluding hydrogens is 226 g/mol. The van der Waals surface area contributed by atoms with Crippen molar-refractivity contribution in [1.29, 1.82) is 0 Å². The van der Waals surface area contributed by atoms with Crippen molar-refractivity contribution in [3.05, 3.63) is 18.5 Å². The Morgan fingerprint density at radius 1 is 1.50 bits per heavy atom. The van der Waals surface area contributed by atoms with Crippen LogP contribution in [-0.4, -0.2) is 26.0 Å². The SMILES string of the molecule is CCNc1ccncc1S(=O)(=O)NC1CC1. The van der Waals surface area contributed by atoms with E-state index in [-0.39, 0.29) is 10.9 Å². The van der Waals surface area contributed by atoms with E-state index in [1.165, 1.54) is 6.20 Å². The summed E-state index contributed by atoms with van der Waals surface area (Å²) < 4.78 is 26.6. The van der Waals surface area contributed by atoms with Crippen molar-refractivity contribution < 1.29 is 8.42 Å². The largest absolute Gasteiger partial charge is 0.384 e. The molecule has 88 valence electrons. The average molecular weight is 241 g/mol. The summed E-state index contributed by atoms with van der Waals surface area (Å²) in [6, 6.07) is 1.78. The summed E-state index contributed by atoms with van der Waals surface area (Å²) in [6.07, 6.45) is 4.81. The van der Waals surface area contributed by atoms with Gasteiger partial charge in [0.2, 0.25) is 10.0 Å². The summed E-state index contributed by atoms with van der Waals surface area (Å²) in [6.45, 7) is 2.60. The van der Waals surface area contributed by atoms with E-state index in [9.17, 15) is 8.42 Å². The lowest BCUT2D eigenvalue weighted by Crippen LogP contribution is -2.26. The summed E-state index contributed by atoms with van der Waals surface area (Å²) in [5, 5.41) is 3.02. The maximum absolute atomic E-state index is 12.0. The molecule has 1 heterocycles. The first-order valence-corrected chi connectivity index (χ1v) is 6.82. The highest BCUT2D eigenvalue weighted by molar-refractivity contribution is 7.89. The Morgan fingerprint density at radius 3 is 2.88 bits per heavy atom. The van der Waals surface area contributed by atoms with Gasteiger partial charge in [-0.3, -0.25) is 4.98 Å². The smallest absolute Gasteiger partial charge is 0.244 e. The molecule has 0 bridgehead atoms. The molecule has 1 aliphatic carbocycles. The molecule has 2 rings (SSSR count). The van der Waals surface area contributed by atoms with Gasteiger partial charge in [0.25, 0.3) is 0 Å². The Balaban J connectivity index is 2.30. The molecule has 1 saturated carbocycles. The van der Waals surface area contributed by atoms with Gasteiger partial charge in [0, 0.05) is 25.0 Å². The number of rotatable bonds is 5. The molecule has 16 heavy (non-hydrogen) atoms. The lowest BCUT2D eigenvalue weighted by atomic mass is 10.4. The number of anilines is 1. The van der Waals surface area contributed by atoms with Gasteiger partial charge in [-0.2, -0.15) is 0 Å². The van der Waals surface area contributed by atoms with Crippen LogP contribution in [0.15, 0.2) is 23.4 Å². The summed E-state index contributed by atoms with van der Waals surface area (Å²) in [5.74, 6) is 0. The molecule has 6 heteroatoms. The second-order valence-electron chi connectivity index (χ2n) is 3.80. The minimum absolute atomic E-state index is 0.111. The highest BCUT2D eigenvalue weighted by Crippen LogP contribution is 2.25. The third-order valence-corrected chi connectivity index (χ3v) is 3.89. The van der Waals surface area contributed by atoms with E-state index >= 15 is 0 Å². The van der Waals surface area contributed by atoms with Crippen molar-refractivity contribution in [1.82, 2.24) is 9.71 Å². The predicted molar refractivity (Wildman–Crippen MR) is 61.7 cm³/mol. The average Bonchev–Trinajstić information content (AvgIpc) is 3.02. The molecule has 0 aliphatic heterocycles. The van der Waals surface area contributed by atoms with E-state index in [0.717, 1.165) is 12.8 Å². The fourth-order valence-corrected chi connectivity index (χ4v) is 2.85. The van der Waals surface area contributed by atoms with Crippen LogP contribution in [0.5, 0.6) is 0 Å². The van der Waals surface area contributed by atoms with Crippen molar-refractivity contribution >= 4 is 15.7 Å². The number of sulfonamides is 1. The van der Waals surface area contributed by atoms with E-state index in [1.807, 2.05) is 6.92 Å². The molecule has 0 radical (unpaired) electrons. The van der Waals surface area contributed by atoms with Crippen LogP contribution >= 0.6 is 0 Å². The maximum Gasteiger partial charge on any atom is 0.244 e. The maximum atomic E-state index is 12.0. The molecule has 1 aromatic rings. The molecule has 0 atom stereocenters. The molecule has 0 aromatic carbocycles. The summed E-state index contributed by atoms with van der Waals surface area (Å²) in [7, 11) is -3.42. The Morgan fingerprint density at radius 2 is 2.25 bits per heavy atom. The van der Waals surface area contributed by atoms with E-state index < -0.39 is 10.0 Å². The first kappa shape index (κ1) is 11.3. The van der Waals surface area contributed by atoms with E-state index in [4.69, 9.17) is 0 Å².